The van der Waals surface area contributed by atoms with Crippen molar-refractivity contribution in [3.8, 4) is 16.2 Å². The van der Waals surface area contributed by atoms with Crippen LogP contribution in [0.1, 0.15) is 11.1 Å². The lowest BCUT2D eigenvalue weighted by Gasteiger charge is -2.20. The number of thiophene rings is 1. The van der Waals surface area contributed by atoms with Gasteiger partial charge in [-0.15, -0.1) is 17.9 Å². The van der Waals surface area contributed by atoms with E-state index >= 15 is 0 Å². The molecule has 0 saturated carbocycles. The summed E-state index contributed by atoms with van der Waals surface area (Å²) in [6, 6.07) is 14.7. The third kappa shape index (κ3) is 4.23. The van der Waals surface area contributed by atoms with E-state index in [9.17, 15) is 14.9 Å². The van der Waals surface area contributed by atoms with E-state index < -0.39 is 4.92 Å². The van der Waals surface area contributed by atoms with Crippen LogP contribution in [0.5, 0.6) is 5.75 Å². The fraction of sp³-hybridized carbons (Fsp3) is 0.167. The summed E-state index contributed by atoms with van der Waals surface area (Å²) in [6.07, 6.45) is 1.65. The molecule has 0 saturated heterocycles. The quantitative estimate of drug-likeness (QED) is 0.112. The number of allylic oxidation sites excluding steroid dienone is 1. The molecule has 8 nitrogen and oxygen atoms in total. The highest BCUT2D eigenvalue weighted by Gasteiger charge is 2.22. The molecule has 0 atom stereocenters. The Labute approximate surface area is 202 Å². The molecule has 5 rings (SSSR count). The Morgan fingerprint density at radius 1 is 1.26 bits per heavy atom. The molecule has 1 aliphatic rings. The Morgan fingerprint density at radius 3 is 2.85 bits per heavy atom. The van der Waals surface area contributed by atoms with E-state index in [1.54, 1.807) is 10.6 Å². The van der Waals surface area contributed by atoms with E-state index in [0.29, 0.717) is 44.5 Å². The number of benzene rings is 2. The number of nitrogens with zero attached hydrogens (tertiary/aromatic N) is 3. The first kappa shape index (κ1) is 22.3. The van der Waals surface area contributed by atoms with Crippen molar-refractivity contribution in [2.45, 2.75) is 24.1 Å². The number of hydrogen-bond acceptors (Lipinski definition) is 8. The van der Waals surface area contributed by atoms with Crippen molar-refractivity contribution in [1.29, 1.82) is 0 Å². The first-order valence-corrected chi connectivity index (χ1v) is 12.2. The van der Waals surface area contributed by atoms with E-state index in [1.807, 2.05) is 36.4 Å². The zero-order valence-corrected chi connectivity index (χ0v) is 19.6. The Balaban J connectivity index is 1.54. The van der Waals surface area contributed by atoms with Gasteiger partial charge in [-0.3, -0.25) is 19.5 Å². The highest BCUT2D eigenvalue weighted by atomic mass is 32.2. The van der Waals surface area contributed by atoms with Crippen molar-refractivity contribution in [3.63, 3.8) is 0 Å². The summed E-state index contributed by atoms with van der Waals surface area (Å²) >= 11 is 2.80. The number of non-ortho nitro benzene ring substituents is 1. The molecule has 3 heterocycles. The van der Waals surface area contributed by atoms with E-state index in [1.165, 1.54) is 35.2 Å². The molecule has 0 N–H and O–H groups in total. The molecule has 0 bridgehead atoms. The van der Waals surface area contributed by atoms with Crippen LogP contribution in [-0.4, -0.2) is 21.3 Å². The second-order valence-electron chi connectivity index (χ2n) is 7.54. The maximum absolute atomic E-state index is 13.3. The minimum atomic E-state index is -0.433. The molecular formula is C24H19N3O5S2. The van der Waals surface area contributed by atoms with Crippen LogP contribution < -0.4 is 10.3 Å². The summed E-state index contributed by atoms with van der Waals surface area (Å²) in [4.78, 5) is 30.7. The number of aromatic nitrogens is 2. The first-order valence-electron chi connectivity index (χ1n) is 10.4. The van der Waals surface area contributed by atoms with Gasteiger partial charge in [-0.1, -0.05) is 48.2 Å². The number of hydrogen-bond donors (Lipinski definition) is 0. The average molecular weight is 494 g/mol. The molecule has 0 aliphatic carbocycles. The largest absolute Gasteiger partial charge is 0.467 e. The van der Waals surface area contributed by atoms with Crippen molar-refractivity contribution in [1.82, 2.24) is 9.55 Å². The van der Waals surface area contributed by atoms with Gasteiger partial charge < -0.3 is 9.47 Å². The fourth-order valence-electron chi connectivity index (χ4n) is 3.78. The molecule has 10 heteroatoms. The fourth-order valence-corrected chi connectivity index (χ4v) is 5.83. The van der Waals surface area contributed by atoms with Crippen molar-refractivity contribution in [2.24, 2.45) is 0 Å². The molecule has 0 radical (unpaired) electrons. The van der Waals surface area contributed by atoms with Crippen molar-refractivity contribution in [3.05, 3.63) is 92.8 Å². The van der Waals surface area contributed by atoms with E-state index in [-0.39, 0.29) is 24.6 Å². The minimum absolute atomic E-state index is 0.0268. The summed E-state index contributed by atoms with van der Waals surface area (Å²) in [5.41, 5.74) is 2.15. The van der Waals surface area contributed by atoms with Gasteiger partial charge >= 0.3 is 0 Å². The summed E-state index contributed by atoms with van der Waals surface area (Å²) in [7, 11) is 0. The van der Waals surface area contributed by atoms with Crippen LogP contribution >= 0.6 is 23.1 Å². The lowest BCUT2D eigenvalue weighted by Crippen LogP contribution is -2.22. The van der Waals surface area contributed by atoms with Gasteiger partial charge in [0, 0.05) is 40.4 Å². The standard InChI is InChI=1S/C24H19N3O5S2/c1-2-8-26-23(28)19-11-20(15-6-4-3-5-7-15)34-22(19)25-24(26)33-13-17-10-18(27(29)30)9-16-12-31-14-32-21(16)17/h2-7,9-11H,1,8,12-14H2. The van der Waals surface area contributed by atoms with Gasteiger partial charge in [0.15, 0.2) is 11.9 Å². The van der Waals surface area contributed by atoms with Crippen LogP contribution in [0, 0.1) is 10.1 Å². The smallest absolute Gasteiger partial charge is 0.270 e. The van der Waals surface area contributed by atoms with Crippen molar-refractivity contribution < 1.29 is 14.4 Å². The number of nitro benzene ring substituents is 1. The zero-order valence-electron chi connectivity index (χ0n) is 17.9. The highest BCUT2D eigenvalue weighted by Crippen LogP contribution is 2.37. The van der Waals surface area contributed by atoms with Crippen LogP contribution in [0.25, 0.3) is 20.7 Å². The molecule has 2 aromatic carbocycles. The molecule has 1 aliphatic heterocycles. The summed E-state index contributed by atoms with van der Waals surface area (Å²) in [5.74, 6) is 0.932. The third-order valence-electron chi connectivity index (χ3n) is 5.33. The molecule has 0 amide bonds. The molecule has 4 aromatic rings. The zero-order chi connectivity index (χ0) is 23.7. The van der Waals surface area contributed by atoms with Crippen molar-refractivity contribution >= 4 is 39.0 Å². The predicted octanol–water partition coefficient (Wildman–Crippen LogP) is 5.38. The molecule has 2 aromatic heterocycles. The van der Waals surface area contributed by atoms with E-state index in [2.05, 4.69) is 6.58 Å². The van der Waals surface area contributed by atoms with Gasteiger partial charge in [0.2, 0.25) is 0 Å². The average Bonchev–Trinajstić information content (AvgIpc) is 3.29. The normalized spacial score (nSPS) is 12.8. The summed E-state index contributed by atoms with van der Waals surface area (Å²) in [6.45, 7) is 4.41. The Morgan fingerprint density at radius 2 is 2.09 bits per heavy atom. The topological polar surface area (TPSA) is 96.5 Å². The maximum Gasteiger partial charge on any atom is 0.270 e. The number of nitro groups is 1. The third-order valence-corrected chi connectivity index (χ3v) is 7.43. The monoisotopic (exact) mass is 493 g/mol. The molecule has 172 valence electrons. The molecular weight excluding hydrogens is 474 g/mol. The Hall–Kier alpha value is -3.47. The van der Waals surface area contributed by atoms with Crippen LogP contribution in [0.4, 0.5) is 5.69 Å². The van der Waals surface area contributed by atoms with Gasteiger partial charge in [0.1, 0.15) is 10.6 Å². The molecule has 0 spiro atoms. The number of ether oxygens (including phenoxy) is 2. The summed E-state index contributed by atoms with van der Waals surface area (Å²) < 4.78 is 12.5. The van der Waals surface area contributed by atoms with Gasteiger partial charge in [0.25, 0.3) is 11.2 Å². The number of thioether (sulfide) groups is 1. The van der Waals surface area contributed by atoms with Gasteiger partial charge in [0.05, 0.1) is 16.9 Å². The number of fused-ring (bicyclic) bond motifs is 2. The molecule has 34 heavy (non-hydrogen) atoms. The van der Waals surface area contributed by atoms with Gasteiger partial charge in [-0.05, 0) is 11.6 Å². The van der Waals surface area contributed by atoms with E-state index in [4.69, 9.17) is 14.5 Å². The molecule has 0 fully saturated rings. The van der Waals surface area contributed by atoms with Crippen LogP contribution in [-0.2, 0) is 23.6 Å². The minimum Gasteiger partial charge on any atom is -0.467 e. The lowest BCUT2D eigenvalue weighted by atomic mass is 10.1. The Bertz CT molecular complexity index is 1460. The lowest BCUT2D eigenvalue weighted by molar-refractivity contribution is -0.385. The molecule has 0 unspecified atom stereocenters. The second-order valence-corrected chi connectivity index (χ2v) is 9.52. The van der Waals surface area contributed by atoms with Crippen LogP contribution in [0.3, 0.4) is 0 Å². The van der Waals surface area contributed by atoms with Gasteiger partial charge in [-0.25, -0.2) is 4.98 Å². The Kier molecular flexibility index (Phi) is 6.18. The van der Waals surface area contributed by atoms with Crippen LogP contribution in [0.15, 0.2) is 71.1 Å². The van der Waals surface area contributed by atoms with Crippen molar-refractivity contribution in [2.75, 3.05) is 6.79 Å². The summed E-state index contributed by atoms with van der Waals surface area (Å²) in [5, 5.41) is 12.5. The number of rotatable bonds is 7. The van der Waals surface area contributed by atoms with Gasteiger partial charge in [-0.2, -0.15) is 0 Å². The SMILES string of the molecule is C=CCn1c(SCc2cc([N+](=O)[O-])cc3c2OCOC3)nc2sc(-c3ccccc3)cc2c1=O. The first-order chi connectivity index (χ1) is 16.5. The predicted molar refractivity (Wildman–Crippen MR) is 132 cm³/mol. The van der Waals surface area contributed by atoms with E-state index in [0.717, 1.165) is 10.4 Å². The maximum atomic E-state index is 13.3. The second kappa shape index (κ2) is 9.41. The van der Waals surface area contributed by atoms with Crippen LogP contribution in [0.2, 0.25) is 0 Å². The highest BCUT2D eigenvalue weighted by molar-refractivity contribution is 7.98.